The zero-order valence-electron chi connectivity index (χ0n) is 25.8. The molecular formula is C37H37ClF2N2O4. The molecule has 1 N–H and O–H groups in total. The molecule has 2 heterocycles. The lowest BCUT2D eigenvalue weighted by Crippen LogP contribution is -2.35. The number of hydrogen-bond acceptors (Lipinski definition) is 4. The molecule has 6 rings (SSSR count). The number of nitrogens with one attached hydrogen (secondary N) is 1. The van der Waals surface area contributed by atoms with Gasteiger partial charge >= 0.3 is 0 Å². The fraction of sp³-hybridized carbons (Fsp3) is 0.324. The molecule has 4 aromatic rings. The first-order chi connectivity index (χ1) is 22.2. The Morgan fingerprint density at radius 1 is 1.00 bits per heavy atom. The number of piperidine rings is 1. The standard InChI is InChI=1S/C30H30F2N2O4.C7H7Cl/c31-22-15-24-26(35)17-27(38-29(24)25(32)16-22)30(37)33-13-12-19-8-10-20(11-9-19)23-6-2-1-5-21(23)18-34-14-4-3-7-28(34)36;1-6-2-4-7(8)5-3-6/h1-2,5-6,12,15-17,20H,3-4,7-11,13-14,18H2,(H,33,37);2-5H,1H3. The molecule has 2 aliphatic rings. The Morgan fingerprint density at radius 2 is 1.74 bits per heavy atom. The van der Waals surface area contributed by atoms with Gasteiger partial charge in [0, 0.05) is 43.2 Å². The third-order valence-electron chi connectivity index (χ3n) is 8.54. The van der Waals surface area contributed by atoms with E-state index in [1.54, 1.807) is 0 Å². The number of rotatable bonds is 6. The predicted octanol–water partition coefficient (Wildman–Crippen LogP) is 8.25. The van der Waals surface area contributed by atoms with Crippen molar-refractivity contribution in [1.29, 1.82) is 0 Å². The van der Waals surface area contributed by atoms with Gasteiger partial charge in [-0.2, -0.15) is 0 Å². The monoisotopic (exact) mass is 646 g/mol. The van der Waals surface area contributed by atoms with Gasteiger partial charge in [-0.15, -0.1) is 0 Å². The third-order valence-corrected chi connectivity index (χ3v) is 8.79. The van der Waals surface area contributed by atoms with Crippen LogP contribution in [0.2, 0.25) is 5.02 Å². The highest BCUT2D eigenvalue weighted by Gasteiger charge is 2.24. The summed E-state index contributed by atoms with van der Waals surface area (Å²) in [5, 5.41) is 3.24. The van der Waals surface area contributed by atoms with Crippen molar-refractivity contribution in [3.63, 3.8) is 0 Å². The van der Waals surface area contributed by atoms with Crippen LogP contribution in [0.4, 0.5) is 8.78 Å². The van der Waals surface area contributed by atoms with E-state index in [2.05, 4.69) is 23.5 Å². The molecule has 1 aliphatic heterocycles. The largest absolute Gasteiger partial charge is 0.448 e. The van der Waals surface area contributed by atoms with E-state index in [1.165, 1.54) is 22.3 Å². The molecule has 0 unspecified atom stereocenters. The van der Waals surface area contributed by atoms with Crippen molar-refractivity contribution in [3.8, 4) is 0 Å². The second-order valence-electron chi connectivity index (χ2n) is 11.9. The summed E-state index contributed by atoms with van der Waals surface area (Å²) in [5.41, 5.74) is 3.91. The van der Waals surface area contributed by atoms with E-state index in [9.17, 15) is 23.2 Å². The Bertz CT molecular complexity index is 1770. The van der Waals surface area contributed by atoms with E-state index < -0.39 is 28.6 Å². The Morgan fingerprint density at radius 3 is 2.46 bits per heavy atom. The molecule has 6 nitrogen and oxygen atoms in total. The molecule has 0 radical (unpaired) electrons. The summed E-state index contributed by atoms with van der Waals surface area (Å²) in [6.07, 6.45) is 8.43. The van der Waals surface area contributed by atoms with E-state index in [-0.39, 0.29) is 23.6 Å². The average Bonchev–Trinajstić information content (AvgIpc) is 3.05. The lowest BCUT2D eigenvalue weighted by molar-refractivity contribution is -0.133. The fourth-order valence-corrected chi connectivity index (χ4v) is 6.14. The van der Waals surface area contributed by atoms with Gasteiger partial charge in [0.15, 0.2) is 22.6 Å². The van der Waals surface area contributed by atoms with Crippen molar-refractivity contribution in [2.24, 2.45) is 0 Å². The summed E-state index contributed by atoms with van der Waals surface area (Å²) in [5.74, 6) is -2.22. The Kier molecular flexibility index (Phi) is 11.0. The smallest absolute Gasteiger partial charge is 0.287 e. The molecular weight excluding hydrogens is 610 g/mol. The number of hydrogen-bond donors (Lipinski definition) is 1. The van der Waals surface area contributed by atoms with Gasteiger partial charge in [0.25, 0.3) is 5.91 Å². The molecule has 1 saturated heterocycles. The number of carbonyl (C=O) groups excluding carboxylic acids is 2. The van der Waals surface area contributed by atoms with Gasteiger partial charge in [-0.1, -0.05) is 65.2 Å². The first kappa shape index (κ1) is 33.1. The fourth-order valence-electron chi connectivity index (χ4n) is 6.02. The van der Waals surface area contributed by atoms with E-state index in [4.69, 9.17) is 16.0 Å². The molecule has 1 saturated carbocycles. The second kappa shape index (κ2) is 15.3. The summed E-state index contributed by atoms with van der Waals surface area (Å²) in [4.78, 5) is 39.0. The Hall–Kier alpha value is -4.30. The molecule has 0 spiro atoms. The van der Waals surface area contributed by atoms with E-state index in [0.717, 1.165) is 62.2 Å². The molecule has 46 heavy (non-hydrogen) atoms. The van der Waals surface area contributed by atoms with Crippen LogP contribution in [0.3, 0.4) is 0 Å². The molecule has 1 aromatic heterocycles. The van der Waals surface area contributed by atoms with Crippen molar-refractivity contribution in [2.45, 2.75) is 64.3 Å². The van der Waals surface area contributed by atoms with Crippen molar-refractivity contribution in [2.75, 3.05) is 13.1 Å². The number of likely N-dealkylation sites (tertiary alicyclic amines) is 1. The summed E-state index contributed by atoms with van der Waals surface area (Å²) in [6, 6.07) is 18.6. The van der Waals surface area contributed by atoms with E-state index in [1.807, 2.05) is 48.2 Å². The van der Waals surface area contributed by atoms with Crippen LogP contribution in [0.15, 0.2) is 87.6 Å². The molecule has 240 valence electrons. The maximum absolute atomic E-state index is 14.0. The zero-order chi connectivity index (χ0) is 32.6. The minimum absolute atomic E-state index is 0.240. The van der Waals surface area contributed by atoms with Crippen molar-refractivity contribution < 1.29 is 22.8 Å². The average molecular weight is 647 g/mol. The highest BCUT2D eigenvalue weighted by atomic mass is 35.5. The topological polar surface area (TPSA) is 79.6 Å². The minimum atomic E-state index is -1.03. The molecule has 3 aromatic carbocycles. The van der Waals surface area contributed by atoms with Gasteiger partial charge < -0.3 is 14.6 Å². The maximum atomic E-state index is 14.0. The summed E-state index contributed by atoms with van der Waals surface area (Å²) >= 11 is 5.61. The normalized spacial score (nSPS) is 16.5. The minimum Gasteiger partial charge on any atom is -0.448 e. The zero-order valence-corrected chi connectivity index (χ0v) is 26.5. The number of halogens is 3. The van der Waals surface area contributed by atoms with Crippen LogP contribution in [0.5, 0.6) is 0 Å². The van der Waals surface area contributed by atoms with Crippen LogP contribution in [-0.2, 0) is 11.3 Å². The number of benzene rings is 3. The summed E-state index contributed by atoms with van der Waals surface area (Å²) in [7, 11) is 0. The first-order valence-corrected chi connectivity index (χ1v) is 16.0. The Labute approximate surface area is 272 Å². The molecule has 0 bridgehead atoms. The number of nitrogens with zero attached hydrogens (tertiary/aromatic N) is 1. The first-order valence-electron chi connectivity index (χ1n) is 15.6. The van der Waals surface area contributed by atoms with Crippen LogP contribution < -0.4 is 10.7 Å². The van der Waals surface area contributed by atoms with Crippen LogP contribution in [0, 0.1) is 18.6 Å². The van der Waals surface area contributed by atoms with Crippen LogP contribution in [0.1, 0.15) is 78.1 Å². The van der Waals surface area contributed by atoms with Gasteiger partial charge in [0.2, 0.25) is 5.91 Å². The number of amides is 2. The lowest BCUT2D eigenvalue weighted by atomic mass is 9.79. The molecule has 9 heteroatoms. The molecule has 1 aliphatic carbocycles. The summed E-state index contributed by atoms with van der Waals surface area (Å²) in [6.45, 7) is 3.78. The van der Waals surface area contributed by atoms with Gasteiger partial charge in [-0.05, 0) is 80.7 Å². The van der Waals surface area contributed by atoms with Gasteiger partial charge in [-0.3, -0.25) is 14.4 Å². The highest BCUT2D eigenvalue weighted by molar-refractivity contribution is 6.30. The maximum Gasteiger partial charge on any atom is 0.287 e. The number of carbonyl (C=O) groups is 2. The van der Waals surface area contributed by atoms with E-state index in [0.29, 0.717) is 24.9 Å². The van der Waals surface area contributed by atoms with Gasteiger partial charge in [0.05, 0.1) is 5.39 Å². The second-order valence-corrected chi connectivity index (χ2v) is 12.3. The van der Waals surface area contributed by atoms with Crippen molar-refractivity contribution >= 4 is 34.4 Å². The molecule has 0 atom stereocenters. The van der Waals surface area contributed by atoms with E-state index >= 15 is 0 Å². The predicted molar refractivity (Wildman–Crippen MR) is 176 cm³/mol. The van der Waals surface area contributed by atoms with Crippen LogP contribution in [0.25, 0.3) is 11.0 Å². The third kappa shape index (κ3) is 8.49. The molecule has 2 amide bonds. The lowest BCUT2D eigenvalue weighted by Gasteiger charge is -2.30. The number of fused-ring (bicyclic) bond motifs is 1. The number of allylic oxidation sites excluding steroid dienone is 1. The SMILES string of the molecule is Cc1ccc(Cl)cc1.O=C(NCC=C1CCC(c2ccccc2CN2CCCCC2=O)CC1)c1cc(=O)c2cc(F)cc(F)c2o1. The van der Waals surface area contributed by atoms with Gasteiger partial charge in [-0.25, -0.2) is 8.78 Å². The Balaban J connectivity index is 0.000000455. The highest BCUT2D eigenvalue weighted by Crippen LogP contribution is 2.37. The van der Waals surface area contributed by atoms with Crippen molar-refractivity contribution in [1.82, 2.24) is 10.2 Å². The van der Waals surface area contributed by atoms with Crippen molar-refractivity contribution in [3.05, 3.63) is 128 Å². The van der Waals surface area contributed by atoms with Crippen LogP contribution in [-0.4, -0.2) is 29.8 Å². The van der Waals surface area contributed by atoms with Crippen LogP contribution >= 0.6 is 11.6 Å². The van der Waals surface area contributed by atoms with Gasteiger partial charge in [0.1, 0.15) is 5.82 Å². The quantitative estimate of drug-likeness (QED) is 0.214. The number of aryl methyl sites for hydroxylation is 1. The summed E-state index contributed by atoms with van der Waals surface area (Å²) < 4.78 is 32.7. The molecule has 2 fully saturated rings.